The van der Waals surface area contributed by atoms with Gasteiger partial charge in [-0.2, -0.15) is 0 Å². The van der Waals surface area contributed by atoms with Crippen LogP contribution in [0.25, 0.3) is 31.7 Å². The number of aromatic nitrogens is 6. The molecule has 3 aromatic carbocycles. The molecule has 6 rings (SSSR count). The summed E-state index contributed by atoms with van der Waals surface area (Å²) in [6.07, 6.45) is 28.4. The number of carbonyl (C=O) groups excluding carboxylic acids is 1. The van der Waals surface area contributed by atoms with Gasteiger partial charge in [-0.25, -0.2) is 0 Å². The molecule has 72 heavy (non-hydrogen) atoms. The highest BCUT2D eigenvalue weighted by molar-refractivity contribution is 7.15. The van der Waals surface area contributed by atoms with Crippen LogP contribution in [0.15, 0.2) is 72.8 Å². The van der Waals surface area contributed by atoms with Crippen molar-refractivity contribution in [2.45, 2.75) is 206 Å². The minimum absolute atomic E-state index is 0.348. The van der Waals surface area contributed by atoms with E-state index in [1.165, 1.54) is 116 Å². The highest BCUT2D eigenvalue weighted by Crippen LogP contribution is 2.49. The number of aryl methyl sites for hydroxylation is 3. The molecule has 6 aromatic rings. The van der Waals surface area contributed by atoms with Crippen molar-refractivity contribution in [2.75, 3.05) is 13.2 Å². The number of aliphatic hydroxyl groups is 2. The predicted octanol–water partition coefficient (Wildman–Crippen LogP) is 15.5. The first-order valence-corrected chi connectivity index (χ1v) is 30.0. The maximum Gasteiger partial charge on any atom is 0.321 e. The van der Waals surface area contributed by atoms with E-state index in [2.05, 4.69) is 82.6 Å². The summed E-state index contributed by atoms with van der Waals surface area (Å²) < 4.78 is 6.11. The third-order valence-electron chi connectivity index (χ3n) is 14.0. The molecular weight excluding hydrogens is 953 g/mol. The third-order valence-corrected chi connectivity index (χ3v) is 17.1. The maximum atomic E-state index is 15.4. The standard InChI is InChI=1S/C59H82N6O4S3/c1-5-9-12-15-18-21-24-27-52-60-63-55(70-52)45-32-30-44(31-33-45)51(8-4)59(58(68)69-43-50(67)42-66,48-38-34-46(35-39-48)56-64-61-53(71-56)28-25-22-19-16-13-10-6-2)49-40-36-47(37-41-49)57-65-62-54(72-57)29-26-23-20-17-14-11-7-3/h30-41,50-51,66-67H,5-29,42-43H2,1-4H3. The van der Waals surface area contributed by atoms with E-state index < -0.39 is 30.0 Å². The Morgan fingerprint density at radius 2 is 0.819 bits per heavy atom. The van der Waals surface area contributed by atoms with Gasteiger partial charge in [0.25, 0.3) is 0 Å². The van der Waals surface area contributed by atoms with Gasteiger partial charge in [-0.05, 0) is 42.4 Å². The van der Waals surface area contributed by atoms with Crippen molar-refractivity contribution < 1.29 is 19.7 Å². The van der Waals surface area contributed by atoms with Crippen molar-refractivity contribution in [1.29, 1.82) is 0 Å². The molecule has 3 heterocycles. The Morgan fingerprint density at radius 1 is 0.486 bits per heavy atom. The molecule has 0 saturated heterocycles. The van der Waals surface area contributed by atoms with Crippen LogP contribution in [0.3, 0.4) is 0 Å². The van der Waals surface area contributed by atoms with E-state index in [-0.39, 0.29) is 6.61 Å². The number of unbranched alkanes of at least 4 members (excludes halogenated alkanes) is 18. The lowest BCUT2D eigenvalue weighted by Crippen LogP contribution is -2.45. The largest absolute Gasteiger partial charge is 0.462 e. The number of hydrogen-bond acceptors (Lipinski definition) is 13. The minimum Gasteiger partial charge on any atom is -0.462 e. The lowest BCUT2D eigenvalue weighted by atomic mass is 9.62. The predicted molar refractivity (Wildman–Crippen MR) is 299 cm³/mol. The monoisotopic (exact) mass is 1030 g/mol. The highest BCUT2D eigenvalue weighted by atomic mass is 32.1. The number of nitrogens with zero attached hydrogens (tertiary/aromatic N) is 6. The summed E-state index contributed by atoms with van der Waals surface area (Å²) in [5.41, 5.74) is 3.93. The molecule has 0 aliphatic carbocycles. The number of ether oxygens (including phenoxy) is 1. The molecule has 13 heteroatoms. The second-order valence-electron chi connectivity index (χ2n) is 19.6. The molecule has 0 saturated carbocycles. The molecule has 2 N–H and O–H groups in total. The average Bonchev–Trinajstić information content (AvgIpc) is 4.22. The quantitative estimate of drug-likeness (QED) is 0.0288. The fraction of sp³-hybridized carbons (Fsp3) is 0.576. The van der Waals surface area contributed by atoms with Crippen molar-refractivity contribution in [1.82, 2.24) is 30.6 Å². The van der Waals surface area contributed by atoms with Crippen LogP contribution in [0.4, 0.5) is 0 Å². The Balaban J connectivity index is 1.31. The summed E-state index contributed by atoms with van der Waals surface area (Å²) in [6, 6.07) is 24.6. The molecule has 0 amide bonds. The first-order valence-electron chi connectivity index (χ1n) is 27.6. The topological polar surface area (TPSA) is 144 Å². The number of carbonyl (C=O) groups is 1. The first-order chi connectivity index (χ1) is 35.3. The summed E-state index contributed by atoms with van der Waals surface area (Å²) in [5, 5.41) is 53.7. The zero-order chi connectivity index (χ0) is 50.8. The molecule has 0 radical (unpaired) electrons. The third kappa shape index (κ3) is 16.6. The maximum absolute atomic E-state index is 15.4. The Labute approximate surface area is 442 Å². The van der Waals surface area contributed by atoms with Gasteiger partial charge in [-0.15, -0.1) is 30.6 Å². The second kappa shape index (κ2) is 31.5. The van der Waals surface area contributed by atoms with Crippen LogP contribution in [0.2, 0.25) is 0 Å². The van der Waals surface area contributed by atoms with Crippen LogP contribution in [0, 0.1) is 0 Å². The van der Waals surface area contributed by atoms with E-state index >= 15 is 4.79 Å². The fourth-order valence-electron chi connectivity index (χ4n) is 9.80. The average molecular weight is 1040 g/mol. The SMILES string of the molecule is CCCCCCCCCc1nnc(-c2ccc(C(CC)C(C(=O)OCC(O)CO)(c3ccc(-c4nnc(CCCCCCCCC)s4)cc3)c3ccc(-c4nnc(CCCCCCCCC)s4)cc3)cc2)s1. The van der Waals surface area contributed by atoms with E-state index in [1.807, 2.05) is 48.5 Å². The van der Waals surface area contributed by atoms with Gasteiger partial charge in [-0.1, -0.05) is 250 Å². The van der Waals surface area contributed by atoms with Crippen molar-refractivity contribution in [3.63, 3.8) is 0 Å². The molecule has 0 aliphatic heterocycles. The molecule has 2 atom stereocenters. The summed E-state index contributed by atoms with van der Waals surface area (Å²) in [4.78, 5) is 15.4. The van der Waals surface area contributed by atoms with Crippen LogP contribution in [-0.2, 0) is 34.2 Å². The van der Waals surface area contributed by atoms with Gasteiger partial charge in [0.15, 0.2) is 0 Å². The molecule has 0 aliphatic rings. The molecule has 10 nitrogen and oxygen atoms in total. The minimum atomic E-state index is -1.37. The summed E-state index contributed by atoms with van der Waals surface area (Å²) in [7, 11) is 0. The fourth-order valence-corrected chi connectivity index (χ4v) is 12.5. The summed E-state index contributed by atoms with van der Waals surface area (Å²) in [5.74, 6) is -0.916. The Morgan fingerprint density at radius 3 is 1.15 bits per heavy atom. The summed E-state index contributed by atoms with van der Waals surface area (Å²) in [6.45, 7) is 7.99. The van der Waals surface area contributed by atoms with Gasteiger partial charge in [0.2, 0.25) is 0 Å². The van der Waals surface area contributed by atoms with E-state index in [4.69, 9.17) is 4.74 Å². The zero-order valence-corrected chi connectivity index (χ0v) is 46.2. The number of benzene rings is 3. The van der Waals surface area contributed by atoms with E-state index in [0.717, 1.165) is 102 Å². The smallest absolute Gasteiger partial charge is 0.321 e. The van der Waals surface area contributed by atoms with Crippen LogP contribution in [0.5, 0.6) is 0 Å². The van der Waals surface area contributed by atoms with Crippen molar-refractivity contribution in [2.24, 2.45) is 0 Å². The van der Waals surface area contributed by atoms with E-state index in [1.54, 1.807) is 34.0 Å². The van der Waals surface area contributed by atoms with Crippen LogP contribution < -0.4 is 0 Å². The molecular formula is C59H82N6O4S3. The van der Waals surface area contributed by atoms with Gasteiger partial charge in [-0.3, -0.25) is 4.79 Å². The summed E-state index contributed by atoms with van der Waals surface area (Å²) >= 11 is 4.91. The lowest BCUT2D eigenvalue weighted by Gasteiger charge is -2.40. The van der Waals surface area contributed by atoms with Gasteiger partial charge in [0, 0.05) is 41.9 Å². The molecule has 390 valence electrons. The van der Waals surface area contributed by atoms with Gasteiger partial charge in [0.05, 0.1) is 6.61 Å². The Hall–Kier alpha value is -4.27. The first kappa shape index (κ1) is 57.0. The Bertz CT molecular complexity index is 2320. The molecule has 0 fully saturated rings. The van der Waals surface area contributed by atoms with Gasteiger partial charge < -0.3 is 14.9 Å². The van der Waals surface area contributed by atoms with Crippen LogP contribution in [-0.4, -0.2) is 66.1 Å². The lowest BCUT2D eigenvalue weighted by molar-refractivity contribution is -0.153. The zero-order valence-electron chi connectivity index (χ0n) is 43.8. The number of esters is 1. The second-order valence-corrected chi connectivity index (χ2v) is 22.8. The van der Waals surface area contributed by atoms with Gasteiger partial charge >= 0.3 is 5.97 Å². The van der Waals surface area contributed by atoms with Crippen molar-refractivity contribution >= 4 is 40.0 Å². The normalized spacial score (nSPS) is 12.6. The molecule has 0 bridgehead atoms. The van der Waals surface area contributed by atoms with E-state index in [0.29, 0.717) is 6.42 Å². The van der Waals surface area contributed by atoms with Crippen molar-refractivity contribution in [3.05, 3.63) is 105 Å². The van der Waals surface area contributed by atoms with Gasteiger partial charge in [0.1, 0.15) is 48.2 Å². The Kier molecular flexibility index (Phi) is 24.9. The van der Waals surface area contributed by atoms with Crippen molar-refractivity contribution in [3.8, 4) is 31.7 Å². The van der Waals surface area contributed by atoms with E-state index in [9.17, 15) is 10.2 Å². The van der Waals surface area contributed by atoms with Crippen LogP contribution >= 0.6 is 34.0 Å². The molecule has 3 aromatic heterocycles. The number of hydrogen-bond donors (Lipinski definition) is 2. The highest BCUT2D eigenvalue weighted by Gasteiger charge is 2.50. The number of aliphatic hydroxyl groups excluding tert-OH is 2. The molecule has 0 spiro atoms. The van der Waals surface area contributed by atoms with Crippen LogP contribution in [0.1, 0.15) is 207 Å². The molecule has 2 unspecified atom stereocenters. The number of rotatable bonds is 36.